The first kappa shape index (κ1) is 17.2. The highest BCUT2D eigenvalue weighted by Gasteiger charge is 2.37. The Bertz CT molecular complexity index is 729. The van der Waals surface area contributed by atoms with E-state index in [0.717, 1.165) is 32.2 Å². The van der Waals surface area contributed by atoms with Gasteiger partial charge < -0.3 is 4.90 Å². The van der Waals surface area contributed by atoms with E-state index in [1.54, 1.807) is 12.1 Å². The lowest BCUT2D eigenvalue weighted by atomic mass is 9.68. The van der Waals surface area contributed by atoms with Crippen LogP contribution in [0.4, 0.5) is 11.4 Å². The van der Waals surface area contributed by atoms with Gasteiger partial charge in [0.2, 0.25) is 0 Å². The maximum atomic E-state index is 11.9. The van der Waals surface area contributed by atoms with Crippen molar-refractivity contribution >= 4 is 21.2 Å². The number of para-hydroxylation sites is 1. The van der Waals surface area contributed by atoms with E-state index >= 15 is 0 Å². The van der Waals surface area contributed by atoms with Gasteiger partial charge in [-0.15, -0.1) is 0 Å². The lowest BCUT2D eigenvalue weighted by Crippen LogP contribution is -2.41. The maximum Gasteiger partial charge on any atom is 0.311 e. The van der Waals surface area contributed by atoms with E-state index < -0.39 is 14.8 Å². The molecule has 0 aromatic heterocycles. The fourth-order valence-electron chi connectivity index (χ4n) is 4.27. The molecule has 0 radical (unpaired) electrons. The number of anilines is 1. The van der Waals surface area contributed by atoms with E-state index in [4.69, 9.17) is 0 Å². The zero-order valence-corrected chi connectivity index (χ0v) is 14.8. The molecule has 0 bridgehead atoms. The molecule has 3 rings (SSSR count). The van der Waals surface area contributed by atoms with Crippen molar-refractivity contribution in [2.75, 3.05) is 24.2 Å². The number of hydrogen-bond donors (Lipinski definition) is 0. The highest BCUT2D eigenvalue weighted by atomic mass is 32.2. The molecule has 1 aromatic rings. The minimum atomic E-state index is -3.63. The summed E-state index contributed by atoms with van der Waals surface area (Å²) in [7, 11) is -3.63. The normalized spacial score (nSPS) is 21.0. The first-order valence-corrected chi connectivity index (χ1v) is 10.4. The highest BCUT2D eigenvalue weighted by Crippen LogP contribution is 2.46. The predicted octanol–water partition coefficient (Wildman–Crippen LogP) is 3.55. The molecule has 2 aliphatic rings. The largest absolute Gasteiger partial charge is 0.366 e. The van der Waals surface area contributed by atoms with E-state index in [9.17, 15) is 18.5 Å². The van der Waals surface area contributed by atoms with E-state index in [1.807, 2.05) is 4.90 Å². The van der Waals surface area contributed by atoms with Gasteiger partial charge in [-0.2, -0.15) is 0 Å². The second-order valence-electron chi connectivity index (χ2n) is 7.20. The van der Waals surface area contributed by atoms with E-state index in [2.05, 4.69) is 0 Å². The molecule has 1 spiro atoms. The van der Waals surface area contributed by atoms with Gasteiger partial charge >= 0.3 is 5.69 Å². The van der Waals surface area contributed by atoms with Gasteiger partial charge in [-0.1, -0.05) is 25.3 Å². The number of piperidine rings is 1. The van der Waals surface area contributed by atoms with Crippen LogP contribution in [0.1, 0.15) is 44.9 Å². The summed E-state index contributed by atoms with van der Waals surface area (Å²) in [4.78, 5) is 12.8. The fraction of sp³-hybridized carbons (Fsp3) is 0.647. The van der Waals surface area contributed by atoms with Crippen LogP contribution in [-0.4, -0.2) is 32.7 Å². The number of sulfone groups is 1. The number of benzene rings is 1. The standard InChI is InChI=1S/C17H24N2O4S/c1-24(22,23)15-7-5-6-14(16(15)19(20)21)18-12-10-17(11-13-18)8-3-2-4-9-17/h5-7H,2-4,8-13H2,1H3. The molecule has 0 amide bonds. The summed E-state index contributed by atoms with van der Waals surface area (Å²) in [5.74, 6) is 0. The van der Waals surface area contributed by atoms with Crippen molar-refractivity contribution in [3.63, 3.8) is 0 Å². The first-order chi connectivity index (χ1) is 11.3. The van der Waals surface area contributed by atoms with E-state index in [-0.39, 0.29) is 10.6 Å². The molecular weight excluding hydrogens is 328 g/mol. The molecule has 1 aromatic carbocycles. The van der Waals surface area contributed by atoms with Crippen LogP contribution in [0, 0.1) is 15.5 Å². The van der Waals surface area contributed by atoms with Crippen LogP contribution in [0.25, 0.3) is 0 Å². The number of nitro groups is 1. The van der Waals surface area contributed by atoms with Gasteiger partial charge in [0.05, 0.1) is 4.92 Å². The van der Waals surface area contributed by atoms with Crippen LogP contribution in [0.5, 0.6) is 0 Å². The number of nitrogens with zero attached hydrogens (tertiary/aromatic N) is 2. The molecule has 1 heterocycles. The lowest BCUT2D eigenvalue weighted by molar-refractivity contribution is -0.387. The first-order valence-electron chi connectivity index (χ1n) is 8.55. The Morgan fingerprint density at radius 3 is 2.25 bits per heavy atom. The molecule has 132 valence electrons. The van der Waals surface area contributed by atoms with Crippen LogP contribution in [-0.2, 0) is 9.84 Å². The van der Waals surface area contributed by atoms with Gasteiger partial charge in [0.15, 0.2) is 9.84 Å². The van der Waals surface area contributed by atoms with Crippen LogP contribution < -0.4 is 4.90 Å². The molecule has 0 unspecified atom stereocenters. The zero-order chi connectivity index (χ0) is 17.4. The molecular formula is C17H24N2O4S. The third-order valence-corrected chi connectivity index (χ3v) is 6.77. The summed E-state index contributed by atoms with van der Waals surface area (Å²) in [6, 6.07) is 4.60. The quantitative estimate of drug-likeness (QED) is 0.614. The Labute approximate surface area is 142 Å². The molecule has 7 heteroatoms. The Balaban J connectivity index is 1.89. The van der Waals surface area contributed by atoms with Crippen LogP contribution in [0.3, 0.4) is 0 Å². The van der Waals surface area contributed by atoms with Crippen molar-refractivity contribution in [1.82, 2.24) is 0 Å². The molecule has 1 aliphatic carbocycles. The summed E-state index contributed by atoms with van der Waals surface area (Å²) < 4.78 is 23.8. The fourth-order valence-corrected chi connectivity index (χ4v) is 5.13. The number of nitro benzene ring substituents is 1. The SMILES string of the molecule is CS(=O)(=O)c1cccc(N2CCC3(CCCCC3)CC2)c1[N+](=O)[O-]. The monoisotopic (exact) mass is 352 g/mol. The molecule has 1 saturated heterocycles. The van der Waals surface area contributed by atoms with Crippen molar-refractivity contribution in [2.24, 2.45) is 5.41 Å². The van der Waals surface area contributed by atoms with Crippen LogP contribution in [0.2, 0.25) is 0 Å². The topological polar surface area (TPSA) is 80.5 Å². The van der Waals surface area contributed by atoms with E-state index in [0.29, 0.717) is 11.1 Å². The molecule has 1 aliphatic heterocycles. The molecule has 2 fully saturated rings. The lowest BCUT2D eigenvalue weighted by Gasteiger charge is -2.44. The third-order valence-electron chi connectivity index (χ3n) is 5.64. The van der Waals surface area contributed by atoms with Crippen molar-refractivity contribution in [1.29, 1.82) is 0 Å². The maximum absolute atomic E-state index is 11.9. The summed E-state index contributed by atoms with van der Waals surface area (Å²) in [5, 5.41) is 11.5. The van der Waals surface area contributed by atoms with Crippen molar-refractivity contribution in [3.05, 3.63) is 28.3 Å². The average molecular weight is 352 g/mol. The highest BCUT2D eigenvalue weighted by molar-refractivity contribution is 7.90. The second kappa shape index (κ2) is 6.35. The molecule has 6 nitrogen and oxygen atoms in total. The van der Waals surface area contributed by atoms with Crippen LogP contribution in [0.15, 0.2) is 23.1 Å². The second-order valence-corrected chi connectivity index (χ2v) is 9.19. The molecule has 0 N–H and O–H groups in total. The molecule has 0 atom stereocenters. The smallest absolute Gasteiger partial charge is 0.311 e. The summed E-state index contributed by atoms with van der Waals surface area (Å²) in [6.45, 7) is 1.52. The third kappa shape index (κ3) is 3.27. The minimum absolute atomic E-state index is 0.192. The summed E-state index contributed by atoms with van der Waals surface area (Å²) in [5.41, 5.74) is 0.561. The Morgan fingerprint density at radius 2 is 1.71 bits per heavy atom. The zero-order valence-electron chi connectivity index (χ0n) is 14.0. The average Bonchev–Trinajstić information content (AvgIpc) is 2.55. The van der Waals surface area contributed by atoms with Gasteiger partial charge in [0.1, 0.15) is 10.6 Å². The van der Waals surface area contributed by atoms with Gasteiger partial charge in [-0.3, -0.25) is 10.1 Å². The summed E-state index contributed by atoms with van der Waals surface area (Å²) in [6.07, 6.45) is 9.48. The van der Waals surface area contributed by atoms with Gasteiger partial charge in [-0.25, -0.2) is 8.42 Å². The Kier molecular flexibility index (Phi) is 4.55. The number of hydrogen-bond acceptors (Lipinski definition) is 5. The van der Waals surface area contributed by atoms with Gasteiger partial charge in [-0.05, 0) is 43.2 Å². The predicted molar refractivity (Wildman–Crippen MR) is 93.2 cm³/mol. The van der Waals surface area contributed by atoms with Gasteiger partial charge in [0, 0.05) is 19.3 Å². The van der Waals surface area contributed by atoms with Crippen molar-refractivity contribution in [3.8, 4) is 0 Å². The minimum Gasteiger partial charge on any atom is -0.366 e. The molecule has 24 heavy (non-hydrogen) atoms. The van der Waals surface area contributed by atoms with Gasteiger partial charge in [0.25, 0.3) is 0 Å². The Morgan fingerprint density at radius 1 is 1.08 bits per heavy atom. The number of rotatable bonds is 3. The van der Waals surface area contributed by atoms with Crippen molar-refractivity contribution in [2.45, 2.75) is 49.8 Å². The molecule has 1 saturated carbocycles. The summed E-state index contributed by atoms with van der Waals surface area (Å²) >= 11 is 0. The van der Waals surface area contributed by atoms with Crippen molar-refractivity contribution < 1.29 is 13.3 Å². The van der Waals surface area contributed by atoms with E-state index in [1.165, 1.54) is 38.2 Å². The van der Waals surface area contributed by atoms with Crippen LogP contribution >= 0.6 is 0 Å². The Hall–Kier alpha value is -1.63.